The van der Waals surface area contributed by atoms with Crippen LogP contribution < -0.4 is 15.5 Å². The third-order valence-corrected chi connectivity index (χ3v) is 4.42. The van der Waals surface area contributed by atoms with Crippen LogP contribution in [0, 0.1) is 0 Å². The van der Waals surface area contributed by atoms with Crippen molar-refractivity contribution in [3.05, 3.63) is 23.8 Å². The number of alkyl halides is 2. The van der Waals surface area contributed by atoms with Crippen LogP contribution in [0.2, 0.25) is 0 Å². The predicted molar refractivity (Wildman–Crippen MR) is 94.6 cm³/mol. The van der Waals surface area contributed by atoms with E-state index in [0.717, 1.165) is 17.7 Å². The lowest BCUT2D eigenvalue weighted by Gasteiger charge is -2.29. The van der Waals surface area contributed by atoms with Crippen LogP contribution in [0.25, 0.3) is 0 Å². The third-order valence-electron chi connectivity index (χ3n) is 4.42. The minimum Gasteiger partial charge on any atom is -0.325 e. The summed E-state index contributed by atoms with van der Waals surface area (Å²) in [4.78, 5) is 25.9. The Bertz CT molecular complexity index is 669. The van der Waals surface area contributed by atoms with Gasteiger partial charge in [0.25, 0.3) is 5.92 Å². The fraction of sp³-hybridized carbons (Fsp3) is 0.529. The number of anilines is 2. The Hall–Kier alpha value is -1.73. The van der Waals surface area contributed by atoms with E-state index < -0.39 is 30.8 Å². The number of hydrogen-bond acceptors (Lipinski definition) is 3. The summed E-state index contributed by atoms with van der Waals surface area (Å²) in [7, 11) is 0. The molecule has 2 N–H and O–H groups in total. The second-order valence-corrected chi connectivity index (χ2v) is 6.37. The first-order valence-corrected chi connectivity index (χ1v) is 8.25. The third kappa shape index (κ3) is 4.27. The second kappa shape index (κ2) is 7.66. The molecule has 2 aliphatic rings. The summed E-state index contributed by atoms with van der Waals surface area (Å²) in [6.07, 6.45) is 1.45. The molecule has 0 bridgehead atoms. The van der Waals surface area contributed by atoms with Gasteiger partial charge in [0.2, 0.25) is 11.8 Å². The molecule has 2 heterocycles. The minimum atomic E-state index is -2.83. The van der Waals surface area contributed by atoms with Gasteiger partial charge in [0.05, 0.1) is 12.6 Å². The average molecular weight is 374 g/mol. The lowest BCUT2D eigenvalue weighted by Crippen LogP contribution is -2.36. The number of carbonyl (C=O) groups excluding carboxylic acids is 2. The number of hydrogen-bond donors (Lipinski definition) is 2. The van der Waals surface area contributed by atoms with E-state index in [1.807, 2.05) is 19.1 Å². The molecule has 5 nitrogen and oxygen atoms in total. The molecule has 1 unspecified atom stereocenters. The molecule has 2 aliphatic heterocycles. The first kappa shape index (κ1) is 19.6. The van der Waals surface area contributed by atoms with Gasteiger partial charge in [-0.25, -0.2) is 8.78 Å². The maximum atomic E-state index is 13.2. The summed E-state index contributed by atoms with van der Waals surface area (Å²) in [5.74, 6) is -3.18. The van der Waals surface area contributed by atoms with Crippen LogP contribution in [0.3, 0.4) is 0 Å². The van der Waals surface area contributed by atoms with Crippen LogP contribution in [0.5, 0.6) is 0 Å². The number of benzene rings is 1. The van der Waals surface area contributed by atoms with Gasteiger partial charge < -0.3 is 10.2 Å². The molecule has 1 saturated heterocycles. The van der Waals surface area contributed by atoms with Gasteiger partial charge in [0, 0.05) is 30.8 Å². The molecule has 2 amide bonds. The van der Waals surface area contributed by atoms with Crippen LogP contribution in [0.4, 0.5) is 20.2 Å². The Morgan fingerprint density at radius 3 is 2.80 bits per heavy atom. The van der Waals surface area contributed by atoms with Crippen LogP contribution in [-0.4, -0.2) is 36.9 Å². The van der Waals surface area contributed by atoms with Gasteiger partial charge in [0.1, 0.15) is 0 Å². The minimum absolute atomic E-state index is 0. The van der Waals surface area contributed by atoms with Gasteiger partial charge in [-0.1, -0.05) is 6.92 Å². The van der Waals surface area contributed by atoms with E-state index in [4.69, 9.17) is 0 Å². The smallest absolute Gasteiger partial charge is 0.262 e. The molecule has 8 heteroatoms. The van der Waals surface area contributed by atoms with E-state index in [1.54, 1.807) is 11.0 Å². The van der Waals surface area contributed by atoms with Crippen molar-refractivity contribution >= 4 is 35.6 Å². The Kier molecular flexibility index (Phi) is 6.00. The Morgan fingerprint density at radius 2 is 2.16 bits per heavy atom. The van der Waals surface area contributed by atoms with Gasteiger partial charge in [0.15, 0.2) is 0 Å². The number of amides is 2. The molecule has 1 atom stereocenters. The van der Waals surface area contributed by atoms with Crippen LogP contribution in [-0.2, 0) is 16.0 Å². The van der Waals surface area contributed by atoms with Gasteiger partial charge >= 0.3 is 0 Å². The second-order valence-electron chi connectivity index (χ2n) is 6.37. The zero-order valence-corrected chi connectivity index (χ0v) is 14.8. The number of nitrogens with one attached hydrogen (secondary N) is 2. The number of halogens is 3. The molecule has 25 heavy (non-hydrogen) atoms. The Morgan fingerprint density at radius 1 is 1.40 bits per heavy atom. The summed E-state index contributed by atoms with van der Waals surface area (Å²) in [5.41, 5.74) is 2.43. The molecule has 0 aromatic heterocycles. The summed E-state index contributed by atoms with van der Waals surface area (Å²) in [5, 5.41) is 5.24. The summed E-state index contributed by atoms with van der Waals surface area (Å²) in [6, 6.07) is 4.48. The quantitative estimate of drug-likeness (QED) is 0.853. The summed E-state index contributed by atoms with van der Waals surface area (Å²) < 4.78 is 26.4. The number of carbonyl (C=O) groups is 2. The van der Waals surface area contributed by atoms with Gasteiger partial charge in [-0.2, -0.15) is 0 Å². The fourth-order valence-electron chi connectivity index (χ4n) is 3.24. The number of rotatable bonds is 4. The molecule has 3 rings (SSSR count). The van der Waals surface area contributed by atoms with Crippen molar-refractivity contribution in [2.45, 2.75) is 44.6 Å². The van der Waals surface area contributed by atoms with Gasteiger partial charge in [-0.15, -0.1) is 12.4 Å². The van der Waals surface area contributed by atoms with E-state index in [0.29, 0.717) is 25.1 Å². The van der Waals surface area contributed by atoms with Crippen LogP contribution in [0.1, 0.15) is 31.7 Å². The van der Waals surface area contributed by atoms with Gasteiger partial charge in [-0.05, 0) is 36.6 Å². The first-order valence-electron chi connectivity index (χ1n) is 8.25. The van der Waals surface area contributed by atoms with E-state index in [2.05, 4.69) is 10.6 Å². The molecule has 0 aliphatic carbocycles. The fourth-order valence-corrected chi connectivity index (χ4v) is 3.24. The lowest BCUT2D eigenvalue weighted by molar-refractivity contribution is -0.119. The van der Waals surface area contributed by atoms with E-state index in [1.165, 1.54) is 0 Å². The highest BCUT2D eigenvalue weighted by Crippen LogP contribution is 2.31. The van der Waals surface area contributed by atoms with Crippen molar-refractivity contribution in [1.29, 1.82) is 0 Å². The maximum Gasteiger partial charge on any atom is 0.262 e. The number of fused-ring (bicyclic) bond motifs is 1. The zero-order chi connectivity index (χ0) is 17.3. The summed E-state index contributed by atoms with van der Waals surface area (Å²) in [6.45, 7) is 2.21. The normalized spacial score (nSPS) is 21.5. The van der Waals surface area contributed by atoms with Crippen molar-refractivity contribution in [1.82, 2.24) is 5.32 Å². The molecule has 0 saturated carbocycles. The van der Waals surface area contributed by atoms with E-state index >= 15 is 0 Å². The van der Waals surface area contributed by atoms with E-state index in [9.17, 15) is 18.4 Å². The highest BCUT2D eigenvalue weighted by Gasteiger charge is 2.42. The molecular weight excluding hydrogens is 352 g/mol. The topological polar surface area (TPSA) is 61.4 Å². The number of nitrogens with zero attached hydrogens (tertiary/aromatic N) is 1. The molecule has 0 spiro atoms. The van der Waals surface area contributed by atoms with Crippen LogP contribution in [0.15, 0.2) is 18.2 Å². The van der Waals surface area contributed by atoms with Gasteiger partial charge in [-0.3, -0.25) is 14.9 Å². The molecule has 0 radical (unpaired) electrons. The Labute approximate surface area is 151 Å². The van der Waals surface area contributed by atoms with Crippen LogP contribution >= 0.6 is 12.4 Å². The Balaban J connectivity index is 0.00000225. The highest BCUT2D eigenvalue weighted by atomic mass is 35.5. The van der Waals surface area contributed by atoms with Crippen molar-refractivity contribution in [2.24, 2.45) is 0 Å². The van der Waals surface area contributed by atoms with E-state index in [-0.39, 0.29) is 18.3 Å². The molecule has 1 aromatic carbocycles. The SMILES string of the molecule is CCCN1C(=O)CCc2cc(NC(=O)C3CC(F)(F)CN3)ccc21.Cl. The van der Waals surface area contributed by atoms with Crippen molar-refractivity contribution in [2.75, 3.05) is 23.3 Å². The zero-order valence-electron chi connectivity index (χ0n) is 14.0. The monoisotopic (exact) mass is 373 g/mol. The molecule has 1 aromatic rings. The average Bonchev–Trinajstić information content (AvgIpc) is 2.90. The molecule has 1 fully saturated rings. The molecular formula is C17H22ClF2N3O2. The van der Waals surface area contributed by atoms with Crippen molar-refractivity contribution in [3.63, 3.8) is 0 Å². The summed E-state index contributed by atoms with van der Waals surface area (Å²) >= 11 is 0. The number of aryl methyl sites for hydroxylation is 1. The van der Waals surface area contributed by atoms with Crippen molar-refractivity contribution < 1.29 is 18.4 Å². The molecule has 138 valence electrons. The lowest BCUT2D eigenvalue weighted by atomic mass is 10.00. The highest BCUT2D eigenvalue weighted by molar-refractivity contribution is 5.98. The standard InChI is InChI=1S/C17H21F2N3O2.ClH/c1-2-7-22-14-5-4-12(8-11(14)3-6-15(22)23)21-16(24)13-9-17(18,19)10-20-13;/h4-5,8,13,20H,2-3,6-7,9-10H2,1H3,(H,21,24);1H. The predicted octanol–water partition coefficient (Wildman–Crippen LogP) is 2.73. The first-order chi connectivity index (χ1) is 11.4. The maximum absolute atomic E-state index is 13.2. The van der Waals surface area contributed by atoms with Crippen molar-refractivity contribution in [3.8, 4) is 0 Å². The largest absolute Gasteiger partial charge is 0.325 e.